The minimum Gasteiger partial charge on any atom is -0.419 e. The molecule has 15 heavy (non-hydrogen) atoms. The second-order valence-electron chi connectivity index (χ2n) is 2.97. The molecule has 0 radical (unpaired) electrons. The predicted octanol–water partition coefficient (Wildman–Crippen LogP) is 3.78. The van der Waals surface area contributed by atoms with Gasteiger partial charge in [-0.05, 0) is 6.92 Å². The van der Waals surface area contributed by atoms with Crippen LogP contribution in [0.1, 0.15) is 12.5 Å². The molecule has 0 bridgehead atoms. The van der Waals surface area contributed by atoms with Crippen molar-refractivity contribution in [1.29, 1.82) is 0 Å². The van der Waals surface area contributed by atoms with Crippen LogP contribution in [0, 0.1) is 0 Å². The number of carbonyl (C=O) groups excluding carboxylic acids is 1. The van der Waals surface area contributed by atoms with E-state index < -0.39 is 0 Å². The second kappa shape index (κ2) is 5.63. The molecule has 1 amide bonds. The highest BCUT2D eigenvalue weighted by Gasteiger charge is 2.35. The van der Waals surface area contributed by atoms with Crippen molar-refractivity contribution in [3.8, 4) is 0 Å². The quantitative estimate of drug-likeness (QED) is 0.784. The monoisotopic (exact) mass is 336 g/mol. The number of halogens is 2. The molecule has 3 nitrogen and oxygen atoms in total. The van der Waals surface area contributed by atoms with Crippen molar-refractivity contribution in [3.05, 3.63) is 35.9 Å². The first kappa shape index (κ1) is 12.7. The third-order valence-corrected chi connectivity index (χ3v) is 2.84. The van der Waals surface area contributed by atoms with Crippen LogP contribution in [0.15, 0.2) is 30.3 Å². The Morgan fingerprint density at radius 1 is 1.33 bits per heavy atom. The van der Waals surface area contributed by atoms with Gasteiger partial charge in [-0.3, -0.25) is 0 Å². The molecule has 0 unspecified atom stereocenters. The van der Waals surface area contributed by atoms with Gasteiger partial charge in [-0.15, -0.1) is 0 Å². The minimum atomic E-state index is -0.360. The SMILES string of the molecule is CCOC(=O)[N+](Br)(Br)Cc1ccccc1. The molecule has 0 fully saturated rings. The van der Waals surface area contributed by atoms with Crippen molar-refractivity contribution in [2.75, 3.05) is 6.61 Å². The summed E-state index contributed by atoms with van der Waals surface area (Å²) in [6, 6.07) is 9.70. The van der Waals surface area contributed by atoms with Gasteiger partial charge in [0, 0.05) is 5.56 Å². The van der Waals surface area contributed by atoms with Gasteiger partial charge in [-0.2, -0.15) is 4.79 Å². The smallest absolute Gasteiger partial charge is 0.419 e. The van der Waals surface area contributed by atoms with Crippen LogP contribution < -0.4 is 0 Å². The number of ether oxygens (including phenoxy) is 1. The van der Waals surface area contributed by atoms with Crippen molar-refractivity contribution < 1.29 is 12.1 Å². The molecule has 0 aromatic heterocycles. The molecule has 1 aromatic carbocycles. The van der Waals surface area contributed by atoms with Crippen LogP contribution in [0.3, 0.4) is 0 Å². The first-order valence-corrected chi connectivity index (χ1v) is 5.96. The second-order valence-corrected chi connectivity index (χ2v) is 6.35. The highest BCUT2D eigenvalue weighted by Crippen LogP contribution is 2.28. The molecule has 0 aliphatic heterocycles. The molecular weight excluding hydrogens is 326 g/mol. The summed E-state index contributed by atoms with van der Waals surface area (Å²) in [7, 11) is 0. The van der Waals surface area contributed by atoms with Gasteiger partial charge in [0.25, 0.3) is 32.3 Å². The van der Waals surface area contributed by atoms with Crippen LogP contribution in [0.5, 0.6) is 0 Å². The average Bonchev–Trinajstić information content (AvgIpc) is 2.19. The van der Waals surface area contributed by atoms with E-state index in [-0.39, 0.29) is 8.63 Å². The van der Waals surface area contributed by atoms with Gasteiger partial charge in [0.1, 0.15) is 6.54 Å². The Morgan fingerprint density at radius 2 is 1.93 bits per heavy atom. The fourth-order valence-corrected chi connectivity index (χ4v) is 1.88. The summed E-state index contributed by atoms with van der Waals surface area (Å²) in [5.74, 6) is 0. The zero-order valence-electron chi connectivity index (χ0n) is 8.32. The highest BCUT2D eigenvalue weighted by molar-refractivity contribution is 9.16. The summed E-state index contributed by atoms with van der Waals surface area (Å²) >= 11 is 6.53. The Hall–Kier alpha value is -0.390. The fraction of sp³-hybridized carbons (Fsp3) is 0.300. The third-order valence-electron chi connectivity index (χ3n) is 1.76. The lowest BCUT2D eigenvalue weighted by atomic mass is 10.2. The Kier molecular flexibility index (Phi) is 4.76. The maximum Gasteiger partial charge on any atom is 0.537 e. The number of benzene rings is 1. The van der Waals surface area contributed by atoms with Gasteiger partial charge < -0.3 is 4.74 Å². The van der Waals surface area contributed by atoms with Crippen LogP contribution in [-0.4, -0.2) is 15.2 Å². The summed E-state index contributed by atoms with van der Waals surface area (Å²) < 4.78 is 4.76. The normalized spacial score (nSPS) is 11.1. The molecule has 0 saturated carbocycles. The van der Waals surface area contributed by atoms with Crippen molar-refractivity contribution in [2.24, 2.45) is 0 Å². The first-order valence-electron chi connectivity index (χ1n) is 4.55. The van der Waals surface area contributed by atoms with Crippen LogP contribution in [0.25, 0.3) is 0 Å². The van der Waals surface area contributed by atoms with Crippen molar-refractivity contribution in [1.82, 2.24) is 0 Å². The van der Waals surface area contributed by atoms with Gasteiger partial charge in [0.2, 0.25) is 0 Å². The Bertz CT molecular complexity index is 327. The molecule has 0 N–H and O–H groups in total. The molecule has 1 rings (SSSR count). The first-order chi connectivity index (χ1) is 7.06. The van der Waals surface area contributed by atoms with Crippen molar-refractivity contribution >= 4 is 38.4 Å². The molecule has 5 heteroatoms. The Labute approximate surface area is 106 Å². The molecule has 0 spiro atoms. The van der Waals surface area contributed by atoms with E-state index in [0.717, 1.165) is 5.56 Å². The molecule has 0 aliphatic rings. The largest absolute Gasteiger partial charge is 0.537 e. The van der Waals surface area contributed by atoms with Crippen LogP contribution in [0.2, 0.25) is 0 Å². The maximum absolute atomic E-state index is 11.5. The summed E-state index contributed by atoms with van der Waals surface area (Å²) in [5, 5.41) is 0. The number of carbonyl (C=O) groups is 1. The zero-order chi connectivity index (χ0) is 11.3. The molecule has 0 aliphatic carbocycles. The summed E-state index contributed by atoms with van der Waals surface area (Å²) in [4.78, 5) is 11.5. The van der Waals surface area contributed by atoms with Crippen molar-refractivity contribution in [2.45, 2.75) is 13.5 Å². The van der Waals surface area contributed by atoms with E-state index in [0.29, 0.717) is 13.2 Å². The van der Waals surface area contributed by atoms with Gasteiger partial charge in [-0.25, -0.2) is 0 Å². The lowest BCUT2D eigenvalue weighted by Gasteiger charge is -2.17. The van der Waals surface area contributed by atoms with Gasteiger partial charge >= 0.3 is 6.09 Å². The molecule has 1 aromatic rings. The number of amides is 1. The van der Waals surface area contributed by atoms with E-state index in [4.69, 9.17) is 4.74 Å². The van der Waals surface area contributed by atoms with E-state index in [1.807, 2.05) is 30.3 Å². The zero-order valence-corrected chi connectivity index (χ0v) is 11.5. The average molecular weight is 338 g/mol. The number of hydrogen-bond donors (Lipinski definition) is 0. The number of nitrogens with zero attached hydrogens (tertiary/aromatic N) is 1. The number of hydrogen-bond acceptors (Lipinski definition) is 2. The lowest BCUT2D eigenvalue weighted by Crippen LogP contribution is -2.33. The predicted molar refractivity (Wildman–Crippen MR) is 65.3 cm³/mol. The van der Waals surface area contributed by atoms with E-state index in [2.05, 4.69) is 32.3 Å². The molecule has 82 valence electrons. The van der Waals surface area contributed by atoms with Gasteiger partial charge in [0.05, 0.1) is 6.61 Å². The summed E-state index contributed by atoms with van der Waals surface area (Å²) in [6.07, 6.45) is -0.360. The molecular formula is C10H12Br2NO2+. The Balaban J connectivity index is 2.68. The Morgan fingerprint density at radius 3 is 2.47 bits per heavy atom. The van der Waals surface area contributed by atoms with E-state index >= 15 is 0 Å². The van der Waals surface area contributed by atoms with Crippen LogP contribution in [-0.2, 0) is 11.3 Å². The van der Waals surface area contributed by atoms with Gasteiger partial charge in [0.15, 0.2) is 0 Å². The highest BCUT2D eigenvalue weighted by atomic mass is 79.9. The third kappa shape index (κ3) is 3.93. The fourth-order valence-electron chi connectivity index (χ4n) is 1.10. The number of quaternary nitrogens is 1. The summed E-state index contributed by atoms with van der Waals surface area (Å²) in [6.45, 7) is 2.63. The molecule has 0 heterocycles. The van der Waals surface area contributed by atoms with Crippen molar-refractivity contribution in [3.63, 3.8) is 0 Å². The van der Waals surface area contributed by atoms with E-state index in [1.54, 1.807) is 6.92 Å². The molecule has 0 atom stereocenters. The number of rotatable bonds is 3. The summed E-state index contributed by atoms with van der Waals surface area (Å²) in [5.41, 5.74) is 1.04. The van der Waals surface area contributed by atoms with E-state index in [1.165, 1.54) is 0 Å². The topological polar surface area (TPSA) is 26.3 Å². The standard InChI is InChI=1S/C10H12Br2NO2/c1-2-15-10(14)13(11,12)8-9-6-4-3-5-7-9/h3-7H,2,8H2,1H3/q+1. The van der Waals surface area contributed by atoms with Crippen LogP contribution >= 0.6 is 32.3 Å². The molecule has 0 saturated heterocycles. The van der Waals surface area contributed by atoms with Gasteiger partial charge in [-0.1, -0.05) is 32.9 Å². The van der Waals surface area contributed by atoms with Crippen LogP contribution in [0.4, 0.5) is 4.79 Å². The minimum absolute atomic E-state index is 0.155. The maximum atomic E-state index is 11.5. The van der Waals surface area contributed by atoms with E-state index in [9.17, 15) is 4.79 Å². The lowest BCUT2D eigenvalue weighted by molar-refractivity contribution is -0.547.